The monoisotopic (exact) mass is 321 g/mol. The van der Waals surface area contributed by atoms with Crippen LogP contribution in [0.5, 0.6) is 5.88 Å². The number of rotatable bonds is 5. The van der Waals surface area contributed by atoms with Crippen molar-refractivity contribution in [2.24, 2.45) is 5.92 Å². The van der Waals surface area contributed by atoms with Crippen molar-refractivity contribution < 1.29 is 14.2 Å². The van der Waals surface area contributed by atoms with Gasteiger partial charge in [-0.15, -0.1) is 11.3 Å². The summed E-state index contributed by atoms with van der Waals surface area (Å²) in [6.07, 6.45) is 3.39. The van der Waals surface area contributed by atoms with Crippen LogP contribution in [0.3, 0.4) is 0 Å². The number of aryl methyl sites for hydroxylation is 2. The minimum absolute atomic E-state index is 0.0364. The fourth-order valence-electron chi connectivity index (χ4n) is 2.57. The van der Waals surface area contributed by atoms with Gasteiger partial charge >= 0.3 is 0 Å². The van der Waals surface area contributed by atoms with Gasteiger partial charge in [0.2, 0.25) is 0 Å². The van der Waals surface area contributed by atoms with Crippen LogP contribution in [0.4, 0.5) is 0 Å². The molecular weight excluding hydrogens is 302 g/mol. The second-order valence-corrected chi connectivity index (χ2v) is 6.80. The van der Waals surface area contributed by atoms with Crippen LogP contribution >= 0.6 is 11.3 Å². The van der Waals surface area contributed by atoms with Crippen molar-refractivity contribution in [2.75, 3.05) is 13.2 Å². The summed E-state index contributed by atoms with van der Waals surface area (Å²) in [7, 11) is 0. The zero-order valence-corrected chi connectivity index (χ0v) is 13.5. The minimum atomic E-state index is -0.0364. The molecular formula is C15H19N3O3S. The van der Waals surface area contributed by atoms with Gasteiger partial charge in [-0.3, -0.25) is 4.79 Å². The van der Waals surface area contributed by atoms with Gasteiger partial charge in [-0.2, -0.15) is 0 Å². The highest BCUT2D eigenvalue weighted by atomic mass is 32.1. The highest BCUT2D eigenvalue weighted by Gasteiger charge is 2.20. The van der Waals surface area contributed by atoms with Crippen LogP contribution in [-0.4, -0.2) is 29.4 Å². The SMILES string of the molecule is Cc1nonc1OCCNC(=O)c1cc2c(s1)CC[C@H](C)C2. The van der Waals surface area contributed by atoms with Crippen molar-refractivity contribution in [3.05, 3.63) is 27.1 Å². The Labute approximate surface area is 132 Å². The first-order chi connectivity index (χ1) is 10.6. The molecule has 1 aliphatic carbocycles. The predicted molar refractivity (Wildman–Crippen MR) is 82.4 cm³/mol. The number of hydrogen-bond donors (Lipinski definition) is 1. The third-order valence-electron chi connectivity index (χ3n) is 3.79. The summed E-state index contributed by atoms with van der Waals surface area (Å²) in [5.41, 5.74) is 1.95. The second-order valence-electron chi connectivity index (χ2n) is 5.67. The number of carbonyl (C=O) groups is 1. The zero-order valence-electron chi connectivity index (χ0n) is 12.7. The molecule has 2 aromatic rings. The average Bonchev–Trinajstić information content (AvgIpc) is 3.09. The molecule has 0 fully saturated rings. The Morgan fingerprint density at radius 1 is 1.55 bits per heavy atom. The molecule has 1 amide bonds. The lowest BCUT2D eigenvalue weighted by molar-refractivity contribution is 0.0950. The third-order valence-corrected chi connectivity index (χ3v) is 5.03. The largest absolute Gasteiger partial charge is 0.472 e. The summed E-state index contributed by atoms with van der Waals surface area (Å²) in [6, 6.07) is 2.04. The van der Waals surface area contributed by atoms with Crippen molar-refractivity contribution in [1.82, 2.24) is 15.6 Å². The molecule has 0 saturated carbocycles. The van der Waals surface area contributed by atoms with E-state index in [1.165, 1.54) is 16.9 Å². The molecule has 1 N–H and O–H groups in total. The van der Waals surface area contributed by atoms with Gasteiger partial charge in [0.15, 0.2) is 0 Å². The van der Waals surface area contributed by atoms with Crippen LogP contribution in [0.1, 0.15) is 39.2 Å². The number of thiophene rings is 1. The summed E-state index contributed by atoms with van der Waals surface area (Å²) in [5, 5.41) is 10.1. The molecule has 2 heterocycles. The molecule has 1 aliphatic rings. The number of amides is 1. The molecule has 0 unspecified atom stereocenters. The number of carbonyl (C=O) groups excluding carboxylic acids is 1. The van der Waals surface area contributed by atoms with Crippen molar-refractivity contribution in [1.29, 1.82) is 0 Å². The van der Waals surface area contributed by atoms with E-state index >= 15 is 0 Å². The molecule has 1 atom stereocenters. The summed E-state index contributed by atoms with van der Waals surface area (Å²) in [6.45, 7) is 4.77. The van der Waals surface area contributed by atoms with Gasteiger partial charge in [-0.25, -0.2) is 4.63 Å². The maximum atomic E-state index is 12.2. The fraction of sp³-hybridized carbons (Fsp3) is 0.533. The number of fused-ring (bicyclic) bond motifs is 1. The van der Waals surface area contributed by atoms with Gasteiger partial charge in [0.1, 0.15) is 12.3 Å². The quantitative estimate of drug-likeness (QED) is 0.856. The molecule has 2 aromatic heterocycles. The van der Waals surface area contributed by atoms with Crippen molar-refractivity contribution in [3.63, 3.8) is 0 Å². The first kappa shape index (κ1) is 15.0. The van der Waals surface area contributed by atoms with Gasteiger partial charge in [0.25, 0.3) is 11.8 Å². The maximum Gasteiger partial charge on any atom is 0.278 e. The van der Waals surface area contributed by atoms with Crippen molar-refractivity contribution in [2.45, 2.75) is 33.1 Å². The topological polar surface area (TPSA) is 77.2 Å². The molecule has 0 spiro atoms. The lowest BCUT2D eigenvalue weighted by atomic mass is 9.90. The minimum Gasteiger partial charge on any atom is -0.472 e. The van der Waals surface area contributed by atoms with E-state index in [0.717, 1.165) is 17.7 Å². The Bertz CT molecular complexity index is 665. The maximum absolute atomic E-state index is 12.2. The molecule has 0 radical (unpaired) electrons. The van der Waals surface area contributed by atoms with Gasteiger partial charge in [-0.05, 0) is 48.9 Å². The summed E-state index contributed by atoms with van der Waals surface area (Å²) in [4.78, 5) is 14.3. The van der Waals surface area contributed by atoms with E-state index in [4.69, 9.17) is 4.74 Å². The van der Waals surface area contributed by atoms with E-state index in [9.17, 15) is 4.79 Å². The normalized spacial score (nSPS) is 17.1. The van der Waals surface area contributed by atoms with Crippen LogP contribution in [0, 0.1) is 12.8 Å². The van der Waals surface area contributed by atoms with E-state index in [2.05, 4.69) is 27.2 Å². The molecule has 0 aliphatic heterocycles. The van der Waals surface area contributed by atoms with Crippen LogP contribution < -0.4 is 10.1 Å². The smallest absolute Gasteiger partial charge is 0.278 e. The molecule has 118 valence electrons. The number of nitrogens with one attached hydrogen (secondary N) is 1. The van der Waals surface area contributed by atoms with Crippen LogP contribution in [-0.2, 0) is 12.8 Å². The molecule has 0 bridgehead atoms. The second kappa shape index (κ2) is 6.48. The van der Waals surface area contributed by atoms with E-state index in [1.54, 1.807) is 18.3 Å². The van der Waals surface area contributed by atoms with E-state index in [1.807, 2.05) is 6.07 Å². The van der Waals surface area contributed by atoms with Gasteiger partial charge < -0.3 is 10.1 Å². The van der Waals surface area contributed by atoms with Gasteiger partial charge in [0.05, 0.1) is 11.4 Å². The fourth-order valence-corrected chi connectivity index (χ4v) is 3.70. The number of aromatic nitrogens is 2. The third kappa shape index (κ3) is 3.30. The van der Waals surface area contributed by atoms with Gasteiger partial charge in [-0.1, -0.05) is 12.1 Å². The molecule has 6 nitrogen and oxygen atoms in total. The summed E-state index contributed by atoms with van der Waals surface area (Å²) < 4.78 is 9.92. The van der Waals surface area contributed by atoms with Crippen molar-refractivity contribution in [3.8, 4) is 5.88 Å². The van der Waals surface area contributed by atoms with E-state index in [0.29, 0.717) is 30.6 Å². The molecule has 7 heteroatoms. The Morgan fingerprint density at radius 3 is 3.18 bits per heavy atom. The number of ether oxygens (including phenoxy) is 1. The molecule has 3 rings (SSSR count). The Balaban J connectivity index is 1.49. The van der Waals surface area contributed by atoms with E-state index < -0.39 is 0 Å². The Kier molecular flexibility index (Phi) is 4.42. The first-order valence-corrected chi connectivity index (χ1v) is 8.27. The summed E-state index contributed by atoms with van der Waals surface area (Å²) >= 11 is 1.61. The van der Waals surface area contributed by atoms with E-state index in [-0.39, 0.29) is 5.91 Å². The first-order valence-electron chi connectivity index (χ1n) is 7.45. The van der Waals surface area contributed by atoms with Crippen molar-refractivity contribution >= 4 is 17.2 Å². The highest BCUT2D eigenvalue weighted by molar-refractivity contribution is 7.14. The Morgan fingerprint density at radius 2 is 2.41 bits per heavy atom. The lowest BCUT2D eigenvalue weighted by Crippen LogP contribution is -2.27. The van der Waals surface area contributed by atoms with Gasteiger partial charge in [0, 0.05) is 4.88 Å². The molecule has 22 heavy (non-hydrogen) atoms. The number of hydrogen-bond acceptors (Lipinski definition) is 6. The zero-order chi connectivity index (χ0) is 15.5. The lowest BCUT2D eigenvalue weighted by Gasteiger charge is -2.16. The summed E-state index contributed by atoms with van der Waals surface area (Å²) in [5.74, 6) is 1.05. The predicted octanol–water partition coefficient (Wildman–Crippen LogP) is 2.37. The number of nitrogens with zero attached hydrogens (tertiary/aromatic N) is 2. The van der Waals surface area contributed by atoms with Crippen LogP contribution in [0.25, 0.3) is 0 Å². The highest BCUT2D eigenvalue weighted by Crippen LogP contribution is 2.32. The average molecular weight is 321 g/mol. The molecule has 0 saturated heterocycles. The standard InChI is InChI=1S/C15H19N3O3S/c1-9-3-4-12-11(7-9)8-13(22-12)14(19)16-5-6-20-15-10(2)17-21-18-15/h8-9H,3-7H2,1-2H3,(H,16,19)/t9-/m0/s1. The molecule has 0 aromatic carbocycles. The Hall–Kier alpha value is -1.89. The van der Waals surface area contributed by atoms with Crippen LogP contribution in [0.15, 0.2) is 10.7 Å². The van der Waals surface area contributed by atoms with Crippen LogP contribution in [0.2, 0.25) is 0 Å².